The quantitative estimate of drug-likeness (QED) is 0.778. The Balaban J connectivity index is 1.72. The van der Waals surface area contributed by atoms with E-state index in [9.17, 15) is 22.8 Å². The molecule has 0 radical (unpaired) electrons. The third kappa shape index (κ3) is 4.30. The minimum absolute atomic E-state index is 0.000170. The minimum Gasteiger partial charge on any atom is -0.335 e. The Kier molecular flexibility index (Phi) is 5.65. The van der Waals surface area contributed by atoms with Crippen molar-refractivity contribution in [3.8, 4) is 0 Å². The molecule has 28 heavy (non-hydrogen) atoms. The molecule has 1 saturated heterocycles. The van der Waals surface area contributed by atoms with Crippen LogP contribution in [0.2, 0.25) is 5.02 Å². The summed E-state index contributed by atoms with van der Waals surface area (Å²) in [5.41, 5.74) is -0.0876. The molecule has 2 aromatic rings. The lowest BCUT2D eigenvalue weighted by atomic mass is 10.1. The summed E-state index contributed by atoms with van der Waals surface area (Å²) in [7, 11) is 0. The minimum atomic E-state index is -4.55. The average Bonchev–Trinajstić information content (AvgIpc) is 3.04. The molecule has 1 aliphatic heterocycles. The van der Waals surface area contributed by atoms with Gasteiger partial charge in [-0.15, -0.1) is 0 Å². The summed E-state index contributed by atoms with van der Waals surface area (Å²) >= 11 is 5.93. The highest BCUT2D eigenvalue weighted by atomic mass is 35.5. The number of carbonyl (C=O) groups excluding carboxylic acids is 2. The summed E-state index contributed by atoms with van der Waals surface area (Å²) in [5, 5.41) is 2.43. The van der Waals surface area contributed by atoms with Crippen molar-refractivity contribution in [2.24, 2.45) is 5.92 Å². The van der Waals surface area contributed by atoms with Crippen LogP contribution in [0.4, 0.5) is 18.9 Å². The number of nitrogens with zero attached hydrogens (tertiary/aromatic N) is 1. The van der Waals surface area contributed by atoms with Crippen molar-refractivity contribution in [3.63, 3.8) is 0 Å². The smallest absolute Gasteiger partial charge is 0.335 e. The van der Waals surface area contributed by atoms with Crippen LogP contribution in [0.5, 0.6) is 0 Å². The second kappa shape index (κ2) is 7.83. The monoisotopic (exact) mass is 410 g/mol. The maximum Gasteiger partial charge on any atom is 0.416 e. The van der Waals surface area contributed by atoms with Crippen LogP contribution in [0.1, 0.15) is 30.5 Å². The Morgan fingerprint density at radius 1 is 1.21 bits per heavy atom. The van der Waals surface area contributed by atoms with Crippen LogP contribution in [0.15, 0.2) is 48.5 Å². The van der Waals surface area contributed by atoms with Crippen molar-refractivity contribution in [2.45, 2.75) is 25.6 Å². The van der Waals surface area contributed by atoms with E-state index in [0.29, 0.717) is 0 Å². The first-order chi connectivity index (χ1) is 13.2. The summed E-state index contributed by atoms with van der Waals surface area (Å²) in [4.78, 5) is 26.5. The summed E-state index contributed by atoms with van der Waals surface area (Å²) in [6.07, 6.45) is -4.55. The van der Waals surface area contributed by atoms with Gasteiger partial charge in [-0.05, 0) is 30.7 Å². The number of alkyl halides is 3. The second-order valence-electron chi connectivity index (χ2n) is 6.72. The largest absolute Gasteiger partial charge is 0.416 e. The van der Waals surface area contributed by atoms with Crippen molar-refractivity contribution in [3.05, 3.63) is 64.7 Å². The standard InChI is InChI=1S/C20H18ClF3N2O2/c1-12(13-5-3-2-4-6-13)26-11-14(9-18(26)27)19(28)25-17-10-15(20(22,23)24)7-8-16(17)21/h2-8,10,12,14H,9,11H2,1H3,(H,25,28)/t12-,14+/m0/s1. The van der Waals surface area contributed by atoms with Gasteiger partial charge in [0.2, 0.25) is 11.8 Å². The number of benzene rings is 2. The Bertz CT molecular complexity index is 887. The number of amides is 2. The van der Waals surface area contributed by atoms with Gasteiger partial charge in [0.1, 0.15) is 0 Å². The third-order valence-corrected chi connectivity index (χ3v) is 5.16. The van der Waals surface area contributed by atoms with Gasteiger partial charge in [0.05, 0.1) is 28.2 Å². The summed E-state index contributed by atoms with van der Waals surface area (Å²) in [6.45, 7) is 2.06. The number of carbonyl (C=O) groups is 2. The molecule has 0 aliphatic carbocycles. The topological polar surface area (TPSA) is 49.4 Å². The fraction of sp³-hybridized carbons (Fsp3) is 0.300. The van der Waals surface area contributed by atoms with E-state index in [4.69, 9.17) is 11.6 Å². The molecule has 0 saturated carbocycles. The number of rotatable bonds is 4. The van der Waals surface area contributed by atoms with E-state index in [2.05, 4.69) is 5.32 Å². The molecular weight excluding hydrogens is 393 g/mol. The molecule has 8 heteroatoms. The molecule has 1 aliphatic rings. The van der Waals surface area contributed by atoms with Crippen molar-refractivity contribution in [2.75, 3.05) is 11.9 Å². The van der Waals surface area contributed by atoms with E-state index in [1.165, 1.54) is 0 Å². The van der Waals surface area contributed by atoms with Gasteiger partial charge >= 0.3 is 6.18 Å². The number of hydrogen-bond donors (Lipinski definition) is 1. The Morgan fingerprint density at radius 2 is 1.89 bits per heavy atom. The molecule has 1 heterocycles. The highest BCUT2D eigenvalue weighted by Gasteiger charge is 2.37. The molecule has 0 aromatic heterocycles. The number of anilines is 1. The summed E-state index contributed by atoms with van der Waals surface area (Å²) in [5.74, 6) is -1.37. The molecule has 0 unspecified atom stereocenters. The molecule has 2 atom stereocenters. The summed E-state index contributed by atoms with van der Waals surface area (Å²) < 4.78 is 38.7. The van der Waals surface area contributed by atoms with E-state index in [1.807, 2.05) is 37.3 Å². The Hall–Kier alpha value is -2.54. The predicted molar refractivity (Wildman–Crippen MR) is 99.8 cm³/mol. The first-order valence-corrected chi connectivity index (χ1v) is 9.06. The van der Waals surface area contributed by atoms with Crippen LogP contribution in [0.25, 0.3) is 0 Å². The third-order valence-electron chi connectivity index (χ3n) is 4.83. The lowest BCUT2D eigenvalue weighted by Crippen LogP contribution is -2.30. The Labute approximate surface area is 165 Å². The first-order valence-electron chi connectivity index (χ1n) is 8.69. The zero-order valence-electron chi connectivity index (χ0n) is 15.0. The van der Waals surface area contributed by atoms with Gasteiger partial charge in [-0.25, -0.2) is 0 Å². The predicted octanol–water partition coefficient (Wildman–Crippen LogP) is 4.91. The molecule has 0 spiro atoms. The molecule has 148 valence electrons. The molecule has 3 rings (SSSR count). The lowest BCUT2D eigenvalue weighted by molar-refractivity contribution is -0.137. The molecule has 4 nitrogen and oxygen atoms in total. The lowest BCUT2D eigenvalue weighted by Gasteiger charge is -2.25. The first kappa shape index (κ1) is 20.2. The van der Waals surface area contributed by atoms with Gasteiger partial charge in [-0.2, -0.15) is 13.2 Å². The van der Waals surface area contributed by atoms with E-state index in [-0.39, 0.29) is 35.6 Å². The van der Waals surface area contributed by atoms with Gasteiger partial charge in [-0.1, -0.05) is 41.9 Å². The zero-order chi connectivity index (χ0) is 20.5. The van der Waals surface area contributed by atoms with E-state index < -0.39 is 23.6 Å². The SMILES string of the molecule is C[C@@H](c1ccccc1)N1C[C@H](C(=O)Nc2cc(C(F)(F)F)ccc2Cl)CC1=O. The van der Waals surface area contributed by atoms with Gasteiger partial charge < -0.3 is 10.2 Å². The Morgan fingerprint density at radius 3 is 2.54 bits per heavy atom. The highest BCUT2D eigenvalue weighted by molar-refractivity contribution is 6.33. The molecule has 2 aromatic carbocycles. The van der Waals surface area contributed by atoms with Gasteiger partial charge in [0, 0.05) is 13.0 Å². The average molecular weight is 411 g/mol. The van der Waals surface area contributed by atoms with Crippen molar-refractivity contribution < 1.29 is 22.8 Å². The van der Waals surface area contributed by atoms with Gasteiger partial charge in [0.25, 0.3) is 0 Å². The van der Waals surface area contributed by atoms with E-state index in [0.717, 1.165) is 23.8 Å². The van der Waals surface area contributed by atoms with Crippen LogP contribution in [-0.4, -0.2) is 23.3 Å². The number of nitrogens with one attached hydrogen (secondary N) is 1. The van der Waals surface area contributed by atoms with Crippen LogP contribution in [-0.2, 0) is 15.8 Å². The van der Waals surface area contributed by atoms with Crippen LogP contribution < -0.4 is 5.32 Å². The highest BCUT2D eigenvalue weighted by Crippen LogP contribution is 2.35. The van der Waals surface area contributed by atoms with Crippen LogP contribution >= 0.6 is 11.6 Å². The molecule has 0 bridgehead atoms. The normalized spacial score (nSPS) is 18.2. The molecule has 1 fully saturated rings. The fourth-order valence-corrected chi connectivity index (χ4v) is 3.39. The number of halogens is 4. The zero-order valence-corrected chi connectivity index (χ0v) is 15.7. The van der Waals surface area contributed by atoms with Crippen LogP contribution in [0.3, 0.4) is 0 Å². The molecule has 2 amide bonds. The summed E-state index contributed by atoms with van der Waals surface area (Å²) in [6, 6.07) is 11.9. The van der Waals surface area contributed by atoms with Crippen molar-refractivity contribution >= 4 is 29.1 Å². The van der Waals surface area contributed by atoms with E-state index >= 15 is 0 Å². The van der Waals surface area contributed by atoms with Crippen LogP contribution in [0, 0.1) is 5.92 Å². The van der Waals surface area contributed by atoms with Crippen molar-refractivity contribution in [1.82, 2.24) is 4.90 Å². The van der Waals surface area contributed by atoms with Crippen molar-refractivity contribution in [1.29, 1.82) is 0 Å². The molecule has 1 N–H and O–H groups in total. The maximum absolute atomic E-state index is 12.9. The molecular formula is C20H18ClF3N2O2. The number of likely N-dealkylation sites (tertiary alicyclic amines) is 1. The van der Waals surface area contributed by atoms with Gasteiger partial charge in [-0.3, -0.25) is 9.59 Å². The van der Waals surface area contributed by atoms with Gasteiger partial charge in [0.15, 0.2) is 0 Å². The number of hydrogen-bond acceptors (Lipinski definition) is 2. The second-order valence-corrected chi connectivity index (χ2v) is 7.12. The maximum atomic E-state index is 12.9. The van der Waals surface area contributed by atoms with E-state index in [1.54, 1.807) is 4.90 Å². The fourth-order valence-electron chi connectivity index (χ4n) is 3.23.